The summed E-state index contributed by atoms with van der Waals surface area (Å²) in [6.07, 6.45) is 3.49. The number of hydrogen-bond donors (Lipinski definition) is 2. The number of benzene rings is 3. The number of halogens is 1. The smallest absolute Gasteiger partial charge is 0.167 e. The predicted octanol–water partition coefficient (Wildman–Crippen LogP) is 5.38. The van der Waals surface area contributed by atoms with Crippen molar-refractivity contribution in [3.63, 3.8) is 0 Å². The van der Waals surface area contributed by atoms with Crippen LogP contribution in [0.25, 0.3) is 0 Å². The SMILES string of the molecule is Cc1c(F)cccc1C1[C@@H](C(=O)c2cccc(O)c2)CN([C@@H]2CC3CCN2CC3)C[C@H]1C(=O)c1cccc(O)c1. The highest BCUT2D eigenvalue weighted by Crippen LogP contribution is 2.45. The van der Waals surface area contributed by atoms with Gasteiger partial charge >= 0.3 is 0 Å². The number of carbonyl (C=O) groups excluding carboxylic acids is 2. The molecule has 7 heteroatoms. The summed E-state index contributed by atoms with van der Waals surface area (Å²) >= 11 is 0. The van der Waals surface area contributed by atoms with Crippen LogP contribution in [0.2, 0.25) is 0 Å². The minimum atomic E-state index is -0.635. The Hall–Kier alpha value is -3.55. The topological polar surface area (TPSA) is 81.1 Å². The second-order valence-corrected chi connectivity index (χ2v) is 11.7. The van der Waals surface area contributed by atoms with E-state index in [1.54, 1.807) is 37.3 Å². The van der Waals surface area contributed by atoms with Crippen LogP contribution in [0, 0.1) is 30.5 Å². The van der Waals surface area contributed by atoms with Gasteiger partial charge in [-0.3, -0.25) is 19.4 Å². The van der Waals surface area contributed by atoms with Crippen molar-refractivity contribution in [2.45, 2.75) is 38.3 Å². The van der Waals surface area contributed by atoms with E-state index in [0.717, 1.165) is 19.5 Å². The Bertz CT molecular complexity index is 1370. The number of fused-ring (bicyclic) bond motifs is 3. The molecule has 4 aliphatic heterocycles. The lowest BCUT2D eigenvalue weighted by molar-refractivity contribution is -0.0665. The van der Waals surface area contributed by atoms with Gasteiger partial charge in [0.1, 0.15) is 17.3 Å². The number of phenols is 2. The largest absolute Gasteiger partial charge is 0.508 e. The van der Waals surface area contributed by atoms with Crippen LogP contribution in [0.4, 0.5) is 4.39 Å². The third-order valence-electron chi connectivity index (χ3n) is 9.37. The lowest BCUT2D eigenvalue weighted by atomic mass is 9.67. The summed E-state index contributed by atoms with van der Waals surface area (Å²) in [5, 5.41) is 20.3. The fourth-order valence-corrected chi connectivity index (χ4v) is 7.30. The molecule has 0 amide bonds. The zero-order valence-corrected chi connectivity index (χ0v) is 22.7. The van der Waals surface area contributed by atoms with E-state index in [4.69, 9.17) is 0 Å². The van der Waals surface area contributed by atoms with Gasteiger partial charge in [-0.25, -0.2) is 4.39 Å². The molecule has 3 aromatic rings. The highest BCUT2D eigenvalue weighted by atomic mass is 19.1. The number of phenolic OH excluding ortho intramolecular Hbond substituents is 2. The Morgan fingerprint density at radius 1 is 0.800 bits per heavy atom. The molecule has 40 heavy (non-hydrogen) atoms. The molecule has 2 bridgehead atoms. The minimum Gasteiger partial charge on any atom is -0.508 e. The average Bonchev–Trinajstić information content (AvgIpc) is 2.98. The summed E-state index contributed by atoms with van der Waals surface area (Å²) in [5.74, 6) is -1.92. The van der Waals surface area contributed by atoms with Gasteiger partial charge in [0.05, 0.1) is 6.17 Å². The fraction of sp³-hybridized carbons (Fsp3) is 0.394. The fourth-order valence-electron chi connectivity index (χ4n) is 7.30. The molecule has 7 rings (SSSR count). The number of nitrogens with zero attached hydrogens (tertiary/aromatic N) is 2. The second kappa shape index (κ2) is 10.8. The van der Waals surface area contributed by atoms with E-state index in [-0.39, 0.29) is 35.0 Å². The van der Waals surface area contributed by atoms with Gasteiger partial charge in [-0.15, -0.1) is 0 Å². The molecule has 0 radical (unpaired) electrons. The summed E-state index contributed by atoms with van der Waals surface area (Å²) in [6, 6.07) is 17.5. The Morgan fingerprint density at radius 3 is 1.85 bits per heavy atom. The van der Waals surface area contributed by atoms with E-state index in [0.29, 0.717) is 41.3 Å². The van der Waals surface area contributed by atoms with E-state index < -0.39 is 17.8 Å². The number of aromatic hydroxyl groups is 2. The molecule has 3 aromatic carbocycles. The summed E-state index contributed by atoms with van der Waals surface area (Å²) < 4.78 is 15.0. The van der Waals surface area contributed by atoms with Crippen LogP contribution in [0.15, 0.2) is 66.7 Å². The Morgan fingerprint density at radius 2 is 1.35 bits per heavy atom. The number of Topliss-reactive ketones (excluding diaryl/α,β-unsaturated/α-hetero) is 2. The number of likely N-dealkylation sites (tertiary alicyclic amines) is 1. The van der Waals surface area contributed by atoms with Gasteiger partial charge in [0, 0.05) is 42.0 Å². The predicted molar refractivity (Wildman–Crippen MR) is 150 cm³/mol. The summed E-state index contributed by atoms with van der Waals surface area (Å²) in [7, 11) is 0. The monoisotopic (exact) mass is 542 g/mol. The second-order valence-electron chi connectivity index (χ2n) is 11.7. The highest BCUT2D eigenvalue weighted by molar-refractivity contribution is 6.02. The molecule has 4 atom stereocenters. The van der Waals surface area contributed by atoms with Gasteiger partial charge in [-0.05, 0) is 86.7 Å². The highest BCUT2D eigenvalue weighted by Gasteiger charge is 2.49. The average molecular weight is 543 g/mol. The molecule has 6 nitrogen and oxygen atoms in total. The first-order valence-corrected chi connectivity index (χ1v) is 14.2. The van der Waals surface area contributed by atoms with Gasteiger partial charge in [-0.2, -0.15) is 0 Å². The van der Waals surface area contributed by atoms with Gasteiger partial charge < -0.3 is 10.2 Å². The van der Waals surface area contributed by atoms with Crippen molar-refractivity contribution < 1.29 is 24.2 Å². The molecule has 0 aromatic heterocycles. The third-order valence-corrected chi connectivity index (χ3v) is 9.37. The molecular formula is C33H35FN2O4. The molecule has 1 unspecified atom stereocenters. The Kier molecular flexibility index (Phi) is 7.19. The summed E-state index contributed by atoms with van der Waals surface area (Å²) in [5.41, 5.74) is 1.84. The summed E-state index contributed by atoms with van der Waals surface area (Å²) in [6.45, 7) is 4.59. The molecule has 4 saturated heterocycles. The standard InChI is InChI=1S/C33H35FN2O4/c1-20-26(9-4-10-29(20)34)31-27(32(39)22-5-2-7-24(37)16-22)18-36(30-15-21-11-13-35(30)14-12-21)19-28(31)33(40)23-6-3-8-25(38)17-23/h2-10,16-17,21,27-28,30-31,37-38H,11-15,18-19H2,1H3/t27-,28+,30-,31?/m1/s1. The van der Waals surface area contributed by atoms with Gasteiger partial charge in [0.2, 0.25) is 0 Å². The van der Waals surface area contributed by atoms with Crippen LogP contribution < -0.4 is 0 Å². The maximum Gasteiger partial charge on any atom is 0.167 e. The van der Waals surface area contributed by atoms with Crippen molar-refractivity contribution in [3.05, 3.63) is 94.8 Å². The van der Waals surface area contributed by atoms with E-state index in [2.05, 4.69) is 9.80 Å². The molecule has 0 spiro atoms. The third kappa shape index (κ3) is 4.93. The maximum atomic E-state index is 15.0. The number of hydrogen-bond acceptors (Lipinski definition) is 6. The molecule has 4 heterocycles. The van der Waals surface area contributed by atoms with Crippen LogP contribution in [-0.4, -0.2) is 63.9 Å². The number of carbonyl (C=O) groups is 2. The first-order valence-electron chi connectivity index (χ1n) is 14.2. The van der Waals surface area contributed by atoms with E-state index in [9.17, 15) is 24.2 Å². The van der Waals surface area contributed by atoms with Gasteiger partial charge in [0.25, 0.3) is 0 Å². The molecule has 0 saturated carbocycles. The lowest BCUT2D eigenvalue weighted by Crippen LogP contribution is -2.62. The number of piperidine rings is 4. The van der Waals surface area contributed by atoms with Crippen molar-refractivity contribution in [3.8, 4) is 11.5 Å². The van der Waals surface area contributed by atoms with Crippen molar-refractivity contribution in [1.82, 2.24) is 9.80 Å². The lowest BCUT2D eigenvalue weighted by Gasteiger charge is -2.54. The maximum absolute atomic E-state index is 15.0. The molecular weight excluding hydrogens is 507 g/mol. The molecule has 2 N–H and O–H groups in total. The molecule has 0 aliphatic carbocycles. The van der Waals surface area contributed by atoms with Crippen molar-refractivity contribution in [2.75, 3.05) is 26.2 Å². The zero-order valence-electron chi connectivity index (χ0n) is 22.7. The Labute approximate surface area is 234 Å². The number of rotatable bonds is 6. The van der Waals surface area contributed by atoms with Crippen molar-refractivity contribution >= 4 is 11.6 Å². The van der Waals surface area contributed by atoms with Crippen LogP contribution >= 0.6 is 0 Å². The van der Waals surface area contributed by atoms with Gasteiger partial charge in [0.15, 0.2) is 11.6 Å². The van der Waals surface area contributed by atoms with Crippen LogP contribution in [-0.2, 0) is 0 Å². The van der Waals surface area contributed by atoms with Crippen LogP contribution in [0.5, 0.6) is 11.5 Å². The van der Waals surface area contributed by atoms with E-state index in [1.807, 2.05) is 6.07 Å². The van der Waals surface area contributed by atoms with E-state index in [1.165, 1.54) is 43.2 Å². The van der Waals surface area contributed by atoms with Gasteiger partial charge in [-0.1, -0.05) is 36.4 Å². The Balaban J connectivity index is 1.48. The molecule has 4 aliphatic rings. The quantitative estimate of drug-likeness (QED) is 0.407. The first-order chi connectivity index (χ1) is 19.3. The normalized spacial score (nSPS) is 28.4. The zero-order chi connectivity index (χ0) is 28.0. The molecule has 4 fully saturated rings. The van der Waals surface area contributed by atoms with Crippen molar-refractivity contribution in [1.29, 1.82) is 0 Å². The first kappa shape index (κ1) is 26.7. The summed E-state index contributed by atoms with van der Waals surface area (Å²) in [4.78, 5) is 33.3. The van der Waals surface area contributed by atoms with Crippen LogP contribution in [0.1, 0.15) is 57.0 Å². The van der Waals surface area contributed by atoms with Crippen molar-refractivity contribution in [2.24, 2.45) is 17.8 Å². The van der Waals surface area contributed by atoms with Crippen LogP contribution in [0.3, 0.4) is 0 Å². The van der Waals surface area contributed by atoms with E-state index >= 15 is 0 Å². The number of ketones is 2. The minimum absolute atomic E-state index is 0.0000836. The molecule has 208 valence electrons.